The number of aromatic amines is 1. The molecule has 2 aromatic rings. The molecule has 1 aliphatic rings. The molecular weight excluding hydrogens is 226 g/mol. The molecule has 0 aliphatic heterocycles. The third-order valence-corrected chi connectivity index (χ3v) is 3.36. The van der Waals surface area contributed by atoms with Crippen molar-refractivity contribution in [3.8, 4) is 0 Å². The van der Waals surface area contributed by atoms with E-state index in [2.05, 4.69) is 27.4 Å². The second kappa shape index (κ2) is 4.38. The minimum Gasteiger partial charge on any atom is -0.314 e. The van der Waals surface area contributed by atoms with Gasteiger partial charge in [-0.2, -0.15) is 0 Å². The predicted octanol–water partition coefficient (Wildman–Crippen LogP) is 1.18. The summed E-state index contributed by atoms with van der Waals surface area (Å²) in [6.07, 6.45) is 0.960. The highest BCUT2D eigenvalue weighted by Gasteiger charge is 2.28. The third-order valence-electron chi connectivity index (χ3n) is 3.36. The molecule has 0 fully saturated rings. The Morgan fingerprint density at radius 3 is 3.06 bits per heavy atom. The fraction of sp³-hybridized carbons (Fsp3) is 0.286. The molecule has 1 heterocycles. The van der Waals surface area contributed by atoms with Gasteiger partial charge in [0.2, 0.25) is 0 Å². The van der Waals surface area contributed by atoms with Crippen LogP contribution >= 0.6 is 0 Å². The van der Waals surface area contributed by atoms with E-state index in [0.29, 0.717) is 6.54 Å². The first-order valence-electron chi connectivity index (χ1n) is 6.10. The highest BCUT2D eigenvalue weighted by molar-refractivity contribution is 5.43. The maximum atomic E-state index is 11.6. The molecule has 1 aliphatic carbocycles. The van der Waals surface area contributed by atoms with Crippen molar-refractivity contribution in [2.24, 2.45) is 0 Å². The van der Waals surface area contributed by atoms with E-state index in [1.54, 1.807) is 6.07 Å². The van der Waals surface area contributed by atoms with Crippen molar-refractivity contribution in [2.45, 2.75) is 18.9 Å². The maximum Gasteiger partial charge on any atom is 0.251 e. The first kappa shape index (κ1) is 11.2. The lowest BCUT2D eigenvalue weighted by atomic mass is 9.77. The van der Waals surface area contributed by atoms with Gasteiger partial charge >= 0.3 is 0 Å². The van der Waals surface area contributed by atoms with Crippen molar-refractivity contribution in [1.29, 1.82) is 0 Å². The molecule has 1 aromatic heterocycles. The van der Waals surface area contributed by atoms with E-state index in [4.69, 9.17) is 0 Å². The van der Waals surface area contributed by atoms with E-state index >= 15 is 0 Å². The molecular formula is C14H15N3O. The van der Waals surface area contributed by atoms with Crippen LogP contribution in [0.2, 0.25) is 0 Å². The van der Waals surface area contributed by atoms with Gasteiger partial charge in [-0.25, -0.2) is 4.98 Å². The zero-order valence-corrected chi connectivity index (χ0v) is 10.2. The van der Waals surface area contributed by atoms with Crippen LogP contribution < -0.4 is 10.9 Å². The summed E-state index contributed by atoms with van der Waals surface area (Å²) in [7, 11) is 1.85. The topological polar surface area (TPSA) is 57.8 Å². The van der Waals surface area contributed by atoms with Gasteiger partial charge in [0, 0.05) is 18.5 Å². The Kier molecular flexibility index (Phi) is 2.72. The molecule has 1 aromatic carbocycles. The van der Waals surface area contributed by atoms with Crippen LogP contribution in [0.15, 0.2) is 35.1 Å². The van der Waals surface area contributed by atoms with Gasteiger partial charge in [0.1, 0.15) is 5.82 Å². The normalized spacial score (nSPS) is 17.1. The summed E-state index contributed by atoms with van der Waals surface area (Å²) in [6.45, 7) is 0.616. The number of nitrogens with zero attached hydrogens (tertiary/aromatic N) is 1. The molecule has 1 atom stereocenters. The standard InChI is InChI=1S/C14H15N3O/c1-15-8-10-7-13(18)17-14(16-10)12-6-9-4-2-3-5-11(9)12/h2-5,7,12,15H,6,8H2,1H3,(H,16,17,18). The van der Waals surface area contributed by atoms with Gasteiger partial charge in [-0.3, -0.25) is 4.79 Å². The van der Waals surface area contributed by atoms with Crippen molar-refractivity contribution in [3.63, 3.8) is 0 Å². The fourth-order valence-corrected chi connectivity index (χ4v) is 2.47. The van der Waals surface area contributed by atoms with E-state index in [1.165, 1.54) is 11.1 Å². The molecule has 0 bridgehead atoms. The molecule has 2 N–H and O–H groups in total. The summed E-state index contributed by atoms with van der Waals surface area (Å²) in [5.74, 6) is 1.03. The van der Waals surface area contributed by atoms with Crippen molar-refractivity contribution in [2.75, 3.05) is 7.05 Å². The van der Waals surface area contributed by atoms with E-state index in [0.717, 1.165) is 17.9 Å². The quantitative estimate of drug-likeness (QED) is 0.848. The molecule has 3 rings (SSSR count). The second-order valence-corrected chi connectivity index (χ2v) is 4.61. The van der Waals surface area contributed by atoms with E-state index in [9.17, 15) is 4.79 Å². The first-order chi connectivity index (χ1) is 8.78. The van der Waals surface area contributed by atoms with Gasteiger partial charge in [-0.1, -0.05) is 24.3 Å². The Morgan fingerprint density at radius 2 is 2.28 bits per heavy atom. The van der Waals surface area contributed by atoms with Crippen molar-refractivity contribution >= 4 is 0 Å². The minimum absolute atomic E-state index is 0.0744. The number of rotatable bonds is 3. The van der Waals surface area contributed by atoms with Gasteiger partial charge in [0.05, 0.1) is 5.69 Å². The molecule has 92 valence electrons. The SMILES string of the molecule is CNCc1cc(=O)[nH]c(C2Cc3ccccc32)n1. The zero-order chi connectivity index (χ0) is 12.5. The number of aromatic nitrogens is 2. The molecule has 1 unspecified atom stereocenters. The number of hydrogen-bond acceptors (Lipinski definition) is 3. The smallest absolute Gasteiger partial charge is 0.251 e. The molecule has 0 saturated heterocycles. The average molecular weight is 241 g/mol. The fourth-order valence-electron chi connectivity index (χ4n) is 2.47. The second-order valence-electron chi connectivity index (χ2n) is 4.61. The molecule has 0 spiro atoms. The molecule has 4 nitrogen and oxygen atoms in total. The van der Waals surface area contributed by atoms with E-state index in [1.807, 2.05) is 19.2 Å². The summed E-state index contributed by atoms with van der Waals surface area (Å²) in [5, 5.41) is 3.02. The summed E-state index contributed by atoms with van der Waals surface area (Å²) in [5.41, 5.74) is 3.35. The van der Waals surface area contributed by atoms with Gasteiger partial charge in [0.25, 0.3) is 5.56 Å². The Morgan fingerprint density at radius 1 is 1.44 bits per heavy atom. The zero-order valence-electron chi connectivity index (χ0n) is 10.2. The summed E-state index contributed by atoms with van der Waals surface area (Å²) in [4.78, 5) is 19.0. The molecule has 0 saturated carbocycles. The van der Waals surface area contributed by atoms with Crippen LogP contribution in [-0.4, -0.2) is 17.0 Å². The van der Waals surface area contributed by atoms with Crippen LogP contribution in [-0.2, 0) is 13.0 Å². The number of benzene rings is 1. The lowest BCUT2D eigenvalue weighted by molar-refractivity contribution is 0.643. The van der Waals surface area contributed by atoms with Gasteiger partial charge in [0.15, 0.2) is 0 Å². The number of fused-ring (bicyclic) bond motifs is 1. The van der Waals surface area contributed by atoms with E-state index in [-0.39, 0.29) is 11.5 Å². The highest BCUT2D eigenvalue weighted by atomic mass is 16.1. The average Bonchev–Trinajstić information content (AvgIpc) is 2.30. The lowest BCUT2D eigenvalue weighted by Crippen LogP contribution is -2.25. The summed E-state index contributed by atoms with van der Waals surface area (Å²) < 4.78 is 0. The first-order valence-corrected chi connectivity index (χ1v) is 6.10. The minimum atomic E-state index is -0.0744. The largest absolute Gasteiger partial charge is 0.314 e. The number of hydrogen-bond donors (Lipinski definition) is 2. The Labute approximate surface area is 105 Å². The predicted molar refractivity (Wildman–Crippen MR) is 69.6 cm³/mol. The monoisotopic (exact) mass is 241 g/mol. The van der Waals surface area contributed by atoms with Crippen molar-refractivity contribution in [1.82, 2.24) is 15.3 Å². The van der Waals surface area contributed by atoms with E-state index < -0.39 is 0 Å². The van der Waals surface area contributed by atoms with Crippen LogP contribution in [0.4, 0.5) is 0 Å². The maximum absolute atomic E-state index is 11.6. The van der Waals surface area contributed by atoms with Gasteiger partial charge in [-0.05, 0) is 24.6 Å². The highest BCUT2D eigenvalue weighted by Crippen LogP contribution is 2.37. The molecule has 0 amide bonds. The number of H-pyrrole nitrogens is 1. The lowest BCUT2D eigenvalue weighted by Gasteiger charge is -2.29. The summed E-state index contributed by atoms with van der Waals surface area (Å²) in [6, 6.07) is 9.85. The molecule has 0 radical (unpaired) electrons. The van der Waals surface area contributed by atoms with Gasteiger partial charge in [-0.15, -0.1) is 0 Å². The van der Waals surface area contributed by atoms with Crippen LogP contribution in [0.25, 0.3) is 0 Å². The van der Waals surface area contributed by atoms with Crippen LogP contribution in [0, 0.1) is 0 Å². The third kappa shape index (κ3) is 1.84. The van der Waals surface area contributed by atoms with Crippen molar-refractivity contribution in [3.05, 3.63) is 63.3 Å². The van der Waals surface area contributed by atoms with Gasteiger partial charge < -0.3 is 10.3 Å². The Balaban J connectivity index is 1.97. The van der Waals surface area contributed by atoms with Crippen LogP contribution in [0.1, 0.15) is 28.6 Å². The van der Waals surface area contributed by atoms with Crippen LogP contribution in [0.5, 0.6) is 0 Å². The Hall–Kier alpha value is -1.94. The van der Waals surface area contributed by atoms with Crippen LogP contribution in [0.3, 0.4) is 0 Å². The molecule has 18 heavy (non-hydrogen) atoms. The molecule has 4 heteroatoms. The summed E-state index contributed by atoms with van der Waals surface area (Å²) >= 11 is 0. The Bertz CT molecular complexity index is 633. The number of nitrogens with one attached hydrogen (secondary N) is 2. The van der Waals surface area contributed by atoms with Crippen molar-refractivity contribution < 1.29 is 0 Å².